The Morgan fingerprint density at radius 1 is 0.917 bits per heavy atom. The van der Waals surface area contributed by atoms with Gasteiger partial charge < -0.3 is 9.80 Å². The number of nitrogens with zero attached hydrogens (tertiary/aromatic N) is 3. The number of carbonyl (C=O) groups excluding carboxylic acids is 2. The summed E-state index contributed by atoms with van der Waals surface area (Å²) in [5, 5.41) is 0. The maximum absolute atomic E-state index is 13.6. The monoisotopic (exact) mass is 479 g/mol. The minimum atomic E-state index is -0.0207. The number of hydrogen-bond donors (Lipinski definition) is 0. The van der Waals surface area contributed by atoms with Gasteiger partial charge in [0.15, 0.2) is 0 Å². The Morgan fingerprint density at radius 3 is 2.31 bits per heavy atom. The lowest BCUT2D eigenvalue weighted by Crippen LogP contribution is -2.47. The lowest BCUT2D eigenvalue weighted by Gasteiger charge is -2.38. The van der Waals surface area contributed by atoms with E-state index in [0.717, 1.165) is 55.8 Å². The molecule has 1 saturated heterocycles. The van der Waals surface area contributed by atoms with Gasteiger partial charge in [-0.1, -0.05) is 66.7 Å². The third-order valence-electron chi connectivity index (χ3n) is 7.25. The molecule has 2 heterocycles. The number of anilines is 2. The predicted molar refractivity (Wildman–Crippen MR) is 146 cm³/mol. The molecule has 5 heteroatoms. The second-order valence-electron chi connectivity index (χ2n) is 9.68. The van der Waals surface area contributed by atoms with Gasteiger partial charge in [-0.2, -0.15) is 0 Å². The third-order valence-corrected chi connectivity index (χ3v) is 7.25. The maximum Gasteiger partial charge on any atom is 0.251 e. The van der Waals surface area contributed by atoms with Gasteiger partial charge in [-0.25, -0.2) is 0 Å². The molecule has 3 aromatic rings. The van der Waals surface area contributed by atoms with Crippen LogP contribution in [0.25, 0.3) is 6.08 Å². The van der Waals surface area contributed by atoms with Gasteiger partial charge in [-0.3, -0.25) is 14.5 Å². The molecule has 0 saturated carbocycles. The zero-order chi connectivity index (χ0) is 24.9. The van der Waals surface area contributed by atoms with E-state index >= 15 is 0 Å². The standard InChI is InChI=1S/C31H33N3O2/c1-24(35)33-21-16-27-13-14-29(22-30(27)33)34(31(36)15-12-25-8-4-2-5-9-25)28-17-19-32(20-18-28)23-26-10-6-3-7-11-26/h2-15,22,28H,16-21,23H2,1H3/b15-12-. The molecule has 184 valence electrons. The van der Waals surface area contributed by atoms with Crippen LogP contribution >= 0.6 is 0 Å². The van der Waals surface area contributed by atoms with Crippen molar-refractivity contribution in [1.29, 1.82) is 0 Å². The van der Waals surface area contributed by atoms with Gasteiger partial charge in [0.25, 0.3) is 5.91 Å². The van der Waals surface area contributed by atoms with E-state index in [9.17, 15) is 9.59 Å². The van der Waals surface area contributed by atoms with Crippen LogP contribution < -0.4 is 9.80 Å². The summed E-state index contributed by atoms with van der Waals surface area (Å²) in [7, 11) is 0. The van der Waals surface area contributed by atoms with Crippen LogP contribution in [-0.2, 0) is 22.6 Å². The first-order valence-corrected chi connectivity index (χ1v) is 12.8. The van der Waals surface area contributed by atoms with Crippen molar-refractivity contribution in [3.63, 3.8) is 0 Å². The summed E-state index contributed by atoms with van der Waals surface area (Å²) in [6, 6.07) is 26.7. The molecule has 0 aliphatic carbocycles. The maximum atomic E-state index is 13.6. The zero-order valence-corrected chi connectivity index (χ0v) is 20.8. The highest BCUT2D eigenvalue weighted by Crippen LogP contribution is 2.34. The van der Waals surface area contributed by atoms with E-state index in [2.05, 4.69) is 35.2 Å². The van der Waals surface area contributed by atoms with Gasteiger partial charge in [0, 0.05) is 56.6 Å². The molecule has 1 fully saturated rings. The Bertz CT molecular complexity index is 1230. The summed E-state index contributed by atoms with van der Waals surface area (Å²) in [6.07, 6.45) is 6.24. The highest BCUT2D eigenvalue weighted by Gasteiger charge is 2.30. The number of piperidine rings is 1. The fourth-order valence-electron chi connectivity index (χ4n) is 5.35. The van der Waals surface area contributed by atoms with E-state index in [1.54, 1.807) is 13.0 Å². The van der Waals surface area contributed by atoms with Crippen LogP contribution in [0.15, 0.2) is 84.9 Å². The third kappa shape index (κ3) is 5.42. The number of rotatable bonds is 6. The van der Waals surface area contributed by atoms with E-state index in [-0.39, 0.29) is 17.9 Å². The second kappa shape index (κ2) is 10.9. The predicted octanol–water partition coefficient (Wildman–Crippen LogP) is 5.31. The number of carbonyl (C=O) groups is 2. The summed E-state index contributed by atoms with van der Waals surface area (Å²) < 4.78 is 0. The number of likely N-dealkylation sites (tertiary alicyclic amines) is 1. The molecule has 0 atom stereocenters. The van der Waals surface area contributed by atoms with Crippen LogP contribution in [0.4, 0.5) is 11.4 Å². The molecule has 0 N–H and O–H groups in total. The molecule has 2 amide bonds. The van der Waals surface area contributed by atoms with Crippen molar-refractivity contribution in [2.45, 2.75) is 38.8 Å². The SMILES string of the molecule is CC(=O)N1CCc2ccc(N(C(=O)/C=C\c3ccccc3)C3CCN(Cc4ccccc4)CC3)cc21. The summed E-state index contributed by atoms with van der Waals surface area (Å²) in [5.74, 6) is 0.0228. The van der Waals surface area contributed by atoms with E-state index in [0.29, 0.717) is 6.54 Å². The van der Waals surface area contributed by atoms with Gasteiger partial charge in [0.05, 0.1) is 0 Å². The molecule has 2 aliphatic rings. The summed E-state index contributed by atoms with van der Waals surface area (Å²) in [6.45, 7) is 5.12. The Kier molecular flexibility index (Phi) is 7.28. The summed E-state index contributed by atoms with van der Waals surface area (Å²) in [4.78, 5) is 32.1. The van der Waals surface area contributed by atoms with E-state index in [4.69, 9.17) is 0 Å². The van der Waals surface area contributed by atoms with Crippen molar-refractivity contribution in [3.8, 4) is 0 Å². The Labute approximate surface area is 213 Å². The highest BCUT2D eigenvalue weighted by molar-refractivity contribution is 6.05. The first-order chi connectivity index (χ1) is 17.6. The number of amides is 2. The number of fused-ring (bicyclic) bond motifs is 1. The van der Waals surface area contributed by atoms with Crippen molar-refractivity contribution in [1.82, 2.24) is 4.90 Å². The van der Waals surface area contributed by atoms with Crippen molar-refractivity contribution < 1.29 is 9.59 Å². The minimum Gasteiger partial charge on any atom is -0.312 e. The summed E-state index contributed by atoms with van der Waals surface area (Å²) in [5.41, 5.74) is 5.29. The molecule has 3 aromatic carbocycles. The van der Waals surface area contributed by atoms with Crippen molar-refractivity contribution in [2.75, 3.05) is 29.4 Å². The molecule has 5 nitrogen and oxygen atoms in total. The van der Waals surface area contributed by atoms with Gasteiger partial charge in [-0.15, -0.1) is 0 Å². The number of hydrogen-bond acceptors (Lipinski definition) is 3. The molecule has 0 spiro atoms. The molecule has 0 bridgehead atoms. The van der Waals surface area contributed by atoms with Crippen molar-refractivity contribution >= 4 is 29.3 Å². The van der Waals surface area contributed by atoms with E-state index in [1.165, 1.54) is 11.1 Å². The molecular weight excluding hydrogens is 446 g/mol. The van der Waals surface area contributed by atoms with Crippen LogP contribution in [0.5, 0.6) is 0 Å². The van der Waals surface area contributed by atoms with Gasteiger partial charge in [0.1, 0.15) is 0 Å². The van der Waals surface area contributed by atoms with Crippen LogP contribution in [0.2, 0.25) is 0 Å². The number of benzene rings is 3. The molecule has 36 heavy (non-hydrogen) atoms. The summed E-state index contributed by atoms with van der Waals surface area (Å²) >= 11 is 0. The fraction of sp³-hybridized carbons (Fsp3) is 0.290. The average molecular weight is 480 g/mol. The van der Waals surface area contributed by atoms with Gasteiger partial charge >= 0.3 is 0 Å². The lowest BCUT2D eigenvalue weighted by molar-refractivity contribution is -0.116. The average Bonchev–Trinajstić information content (AvgIpc) is 3.34. The van der Waals surface area contributed by atoms with E-state index in [1.807, 2.05) is 64.4 Å². The molecule has 2 aliphatic heterocycles. The first kappa shape index (κ1) is 24.0. The van der Waals surface area contributed by atoms with Crippen molar-refractivity contribution in [2.24, 2.45) is 0 Å². The van der Waals surface area contributed by atoms with Crippen LogP contribution in [-0.4, -0.2) is 42.4 Å². The lowest BCUT2D eigenvalue weighted by atomic mass is 10.0. The molecule has 5 rings (SSSR count). The Hall–Kier alpha value is -3.70. The van der Waals surface area contributed by atoms with Crippen LogP contribution in [0.1, 0.15) is 36.5 Å². The van der Waals surface area contributed by atoms with E-state index < -0.39 is 0 Å². The van der Waals surface area contributed by atoms with Gasteiger partial charge in [0.2, 0.25) is 5.91 Å². The second-order valence-corrected chi connectivity index (χ2v) is 9.68. The quantitative estimate of drug-likeness (QED) is 0.450. The topological polar surface area (TPSA) is 43.9 Å². The van der Waals surface area contributed by atoms with Crippen molar-refractivity contribution in [3.05, 3.63) is 102 Å². The highest BCUT2D eigenvalue weighted by atomic mass is 16.2. The Morgan fingerprint density at radius 2 is 1.61 bits per heavy atom. The largest absolute Gasteiger partial charge is 0.312 e. The minimum absolute atomic E-state index is 0.0207. The smallest absolute Gasteiger partial charge is 0.251 e. The molecule has 0 radical (unpaired) electrons. The Balaban J connectivity index is 1.38. The first-order valence-electron chi connectivity index (χ1n) is 12.8. The zero-order valence-electron chi connectivity index (χ0n) is 20.8. The normalized spacial score (nSPS) is 16.3. The van der Waals surface area contributed by atoms with Crippen LogP contribution in [0.3, 0.4) is 0 Å². The molecular formula is C31H33N3O2. The molecule has 0 aromatic heterocycles. The van der Waals surface area contributed by atoms with Crippen LogP contribution in [0, 0.1) is 0 Å². The van der Waals surface area contributed by atoms with Gasteiger partial charge in [-0.05, 0) is 54.2 Å². The fourth-order valence-corrected chi connectivity index (χ4v) is 5.35. The molecule has 0 unspecified atom stereocenters.